The van der Waals surface area contributed by atoms with Crippen LogP contribution >= 0.6 is 23.1 Å². The van der Waals surface area contributed by atoms with Gasteiger partial charge in [0.1, 0.15) is 0 Å². The van der Waals surface area contributed by atoms with Crippen LogP contribution in [0.4, 0.5) is 5.13 Å². The van der Waals surface area contributed by atoms with Crippen molar-refractivity contribution in [3.05, 3.63) is 0 Å². The fourth-order valence-corrected chi connectivity index (χ4v) is 2.40. The van der Waals surface area contributed by atoms with E-state index < -0.39 is 5.97 Å². The molecule has 0 aromatic carbocycles. The van der Waals surface area contributed by atoms with Gasteiger partial charge in [-0.1, -0.05) is 23.1 Å². The zero-order valence-electron chi connectivity index (χ0n) is 8.80. The summed E-state index contributed by atoms with van der Waals surface area (Å²) in [6.45, 7) is 4.12. The van der Waals surface area contributed by atoms with Crippen molar-refractivity contribution in [3.63, 3.8) is 0 Å². The number of aromatic nitrogens is 2. The maximum atomic E-state index is 10.3. The topological polar surface area (TPSA) is 66.3 Å². The van der Waals surface area contributed by atoms with Crippen molar-refractivity contribution in [1.29, 1.82) is 0 Å². The van der Waals surface area contributed by atoms with E-state index in [1.54, 1.807) is 0 Å². The minimum Gasteiger partial charge on any atom is -0.481 e. The van der Waals surface area contributed by atoms with Crippen LogP contribution < -0.4 is 4.90 Å². The standard InChI is InChI=1S/C8H13N3O2S2/c1-5(2)11(3)7-9-10-8(15-7)14-4-6(12)13/h5H,4H2,1-3H3,(H,12,13). The molecule has 0 radical (unpaired) electrons. The lowest BCUT2D eigenvalue weighted by molar-refractivity contribution is -0.133. The molecule has 5 nitrogen and oxygen atoms in total. The smallest absolute Gasteiger partial charge is 0.313 e. The number of hydrogen-bond acceptors (Lipinski definition) is 6. The number of anilines is 1. The summed E-state index contributed by atoms with van der Waals surface area (Å²) in [5, 5.41) is 17.2. The van der Waals surface area contributed by atoms with Gasteiger partial charge in [-0.3, -0.25) is 4.79 Å². The first-order valence-corrected chi connectivity index (χ1v) is 6.22. The second kappa shape index (κ2) is 5.32. The highest BCUT2D eigenvalue weighted by molar-refractivity contribution is 8.01. The van der Waals surface area contributed by atoms with Gasteiger partial charge < -0.3 is 10.0 Å². The van der Waals surface area contributed by atoms with E-state index in [1.165, 1.54) is 23.1 Å². The van der Waals surface area contributed by atoms with Crippen LogP contribution in [0.5, 0.6) is 0 Å². The molecule has 0 aliphatic heterocycles. The van der Waals surface area contributed by atoms with Gasteiger partial charge >= 0.3 is 5.97 Å². The quantitative estimate of drug-likeness (QED) is 0.796. The fraction of sp³-hybridized carbons (Fsp3) is 0.625. The molecule has 0 bridgehead atoms. The third-order valence-corrected chi connectivity index (χ3v) is 3.92. The first kappa shape index (κ1) is 12.3. The lowest BCUT2D eigenvalue weighted by atomic mass is 10.4. The third-order valence-electron chi connectivity index (χ3n) is 1.79. The summed E-state index contributed by atoms with van der Waals surface area (Å²) in [4.78, 5) is 12.3. The van der Waals surface area contributed by atoms with Crippen LogP contribution in [0.25, 0.3) is 0 Å². The number of rotatable bonds is 5. The first-order chi connectivity index (χ1) is 7.00. The van der Waals surface area contributed by atoms with Crippen LogP contribution in [0, 0.1) is 0 Å². The average molecular weight is 247 g/mol. The molecule has 0 aliphatic rings. The fourth-order valence-electron chi connectivity index (χ4n) is 0.748. The van der Waals surface area contributed by atoms with Crippen LogP contribution in [0.2, 0.25) is 0 Å². The van der Waals surface area contributed by atoms with Crippen LogP contribution in [0.1, 0.15) is 13.8 Å². The Bertz CT molecular complexity index is 340. The van der Waals surface area contributed by atoms with E-state index in [9.17, 15) is 4.79 Å². The average Bonchev–Trinajstić information content (AvgIpc) is 2.61. The highest BCUT2D eigenvalue weighted by atomic mass is 32.2. The van der Waals surface area contributed by atoms with Crippen molar-refractivity contribution in [1.82, 2.24) is 10.2 Å². The number of aliphatic carboxylic acids is 1. The van der Waals surface area contributed by atoms with Gasteiger partial charge in [-0.05, 0) is 13.8 Å². The molecular weight excluding hydrogens is 234 g/mol. The van der Waals surface area contributed by atoms with Crippen molar-refractivity contribution < 1.29 is 9.90 Å². The Morgan fingerprint density at radius 1 is 1.60 bits per heavy atom. The largest absolute Gasteiger partial charge is 0.481 e. The number of carboxylic acid groups (broad SMARTS) is 1. The van der Waals surface area contributed by atoms with Gasteiger partial charge in [-0.2, -0.15) is 0 Å². The summed E-state index contributed by atoms with van der Waals surface area (Å²) in [7, 11) is 1.94. The molecule has 1 heterocycles. The number of carboxylic acids is 1. The Balaban J connectivity index is 2.60. The second-order valence-electron chi connectivity index (χ2n) is 3.24. The summed E-state index contributed by atoms with van der Waals surface area (Å²) in [6.07, 6.45) is 0. The van der Waals surface area contributed by atoms with Crippen molar-refractivity contribution in [2.24, 2.45) is 0 Å². The predicted octanol–water partition coefficient (Wildman–Crippen LogP) is 1.56. The molecule has 1 N–H and O–H groups in total. The molecule has 1 aromatic rings. The van der Waals surface area contributed by atoms with Crippen LogP contribution in [-0.4, -0.2) is 40.1 Å². The molecule has 0 spiro atoms. The van der Waals surface area contributed by atoms with Crippen molar-refractivity contribution in [2.75, 3.05) is 17.7 Å². The molecule has 0 aliphatic carbocycles. The predicted molar refractivity (Wildman–Crippen MR) is 61.8 cm³/mol. The van der Waals surface area contributed by atoms with Gasteiger partial charge in [0.05, 0.1) is 5.75 Å². The molecule has 0 saturated carbocycles. The Morgan fingerprint density at radius 3 is 2.80 bits per heavy atom. The van der Waals surface area contributed by atoms with Crippen LogP contribution in [-0.2, 0) is 4.79 Å². The van der Waals surface area contributed by atoms with Crippen molar-refractivity contribution >= 4 is 34.2 Å². The minimum atomic E-state index is -0.839. The maximum Gasteiger partial charge on any atom is 0.313 e. The van der Waals surface area contributed by atoms with E-state index in [4.69, 9.17) is 5.11 Å². The molecule has 0 atom stereocenters. The van der Waals surface area contributed by atoms with Gasteiger partial charge in [-0.15, -0.1) is 10.2 Å². The number of hydrogen-bond donors (Lipinski definition) is 1. The van der Waals surface area contributed by atoms with Crippen molar-refractivity contribution in [3.8, 4) is 0 Å². The van der Waals surface area contributed by atoms with Crippen LogP contribution in [0.15, 0.2) is 4.34 Å². The molecule has 0 amide bonds. The molecule has 1 aromatic heterocycles. The highest BCUT2D eigenvalue weighted by Crippen LogP contribution is 2.27. The van der Waals surface area contributed by atoms with Crippen LogP contribution in [0.3, 0.4) is 0 Å². The Kier molecular flexibility index (Phi) is 4.34. The first-order valence-electron chi connectivity index (χ1n) is 4.41. The van der Waals surface area contributed by atoms with E-state index >= 15 is 0 Å². The molecule has 0 fully saturated rings. The number of carbonyl (C=O) groups is 1. The van der Waals surface area contributed by atoms with E-state index in [0.29, 0.717) is 10.4 Å². The van der Waals surface area contributed by atoms with E-state index in [-0.39, 0.29) is 5.75 Å². The normalized spacial score (nSPS) is 10.7. The summed E-state index contributed by atoms with van der Waals surface area (Å²) in [6, 6.07) is 0.357. The zero-order valence-corrected chi connectivity index (χ0v) is 10.4. The molecule has 84 valence electrons. The molecule has 1 rings (SSSR count). The lowest BCUT2D eigenvalue weighted by Crippen LogP contribution is -2.25. The Labute approximate surface area is 96.5 Å². The molecular formula is C8H13N3O2S2. The van der Waals surface area contributed by atoms with E-state index in [2.05, 4.69) is 24.0 Å². The molecule has 0 saturated heterocycles. The second-order valence-corrected chi connectivity index (χ2v) is 5.42. The zero-order chi connectivity index (χ0) is 11.4. The van der Waals surface area contributed by atoms with E-state index in [1.807, 2.05) is 11.9 Å². The van der Waals surface area contributed by atoms with Crippen molar-refractivity contribution in [2.45, 2.75) is 24.2 Å². The number of thioether (sulfide) groups is 1. The molecule has 15 heavy (non-hydrogen) atoms. The highest BCUT2D eigenvalue weighted by Gasteiger charge is 2.12. The van der Waals surface area contributed by atoms with Gasteiger partial charge in [0.25, 0.3) is 0 Å². The summed E-state index contributed by atoms with van der Waals surface area (Å²) in [5.74, 6) is -0.811. The summed E-state index contributed by atoms with van der Waals surface area (Å²) < 4.78 is 0.694. The minimum absolute atomic E-state index is 0.0278. The molecule has 0 unspecified atom stereocenters. The van der Waals surface area contributed by atoms with Gasteiger partial charge in [0, 0.05) is 13.1 Å². The van der Waals surface area contributed by atoms with E-state index in [0.717, 1.165) is 5.13 Å². The Morgan fingerprint density at radius 2 is 2.27 bits per heavy atom. The Hall–Kier alpha value is -0.820. The maximum absolute atomic E-state index is 10.3. The van der Waals surface area contributed by atoms with Gasteiger partial charge in [-0.25, -0.2) is 0 Å². The lowest BCUT2D eigenvalue weighted by Gasteiger charge is -2.18. The molecule has 7 heteroatoms. The monoisotopic (exact) mass is 247 g/mol. The SMILES string of the molecule is CC(C)N(C)c1nnc(SCC(=O)O)s1. The van der Waals surface area contributed by atoms with Gasteiger partial charge in [0.15, 0.2) is 4.34 Å². The van der Waals surface area contributed by atoms with Gasteiger partial charge in [0.2, 0.25) is 5.13 Å². The third kappa shape index (κ3) is 3.67. The number of nitrogens with zero attached hydrogens (tertiary/aromatic N) is 3. The summed E-state index contributed by atoms with van der Waals surface area (Å²) >= 11 is 2.61. The summed E-state index contributed by atoms with van der Waals surface area (Å²) in [5.41, 5.74) is 0.